The first-order valence-electron chi connectivity index (χ1n) is 4.73. The number of hydrogen-bond donors (Lipinski definition) is 1. The average Bonchev–Trinajstić information content (AvgIpc) is 2.68. The van der Waals surface area contributed by atoms with Crippen LogP contribution in [0.3, 0.4) is 0 Å². The smallest absolute Gasteiger partial charge is 0.131 e. The number of hydrogen-bond acceptors (Lipinski definition) is 4. The molecule has 15 heavy (non-hydrogen) atoms. The first-order chi connectivity index (χ1) is 7.33. The molecule has 1 unspecified atom stereocenters. The summed E-state index contributed by atoms with van der Waals surface area (Å²) in [5.74, 6) is 0.941. The van der Waals surface area contributed by atoms with Crippen molar-refractivity contribution in [1.82, 2.24) is 24.8 Å². The molecule has 0 saturated carbocycles. The highest BCUT2D eigenvalue weighted by Crippen LogP contribution is 2.16. The van der Waals surface area contributed by atoms with E-state index in [2.05, 4.69) is 20.3 Å². The van der Waals surface area contributed by atoms with Crippen LogP contribution < -0.4 is 5.32 Å². The zero-order valence-electron chi connectivity index (χ0n) is 8.75. The second-order valence-electron chi connectivity index (χ2n) is 3.25. The van der Waals surface area contributed by atoms with Crippen LogP contribution in [0.25, 0.3) is 0 Å². The molecule has 0 spiro atoms. The van der Waals surface area contributed by atoms with Gasteiger partial charge in [-0.3, -0.25) is 0 Å². The lowest BCUT2D eigenvalue weighted by Crippen LogP contribution is -2.22. The summed E-state index contributed by atoms with van der Waals surface area (Å²) in [6.45, 7) is 0. The van der Waals surface area contributed by atoms with Gasteiger partial charge in [0, 0.05) is 25.6 Å². The monoisotopic (exact) mass is 203 g/mol. The Bertz CT molecular complexity index is 422. The van der Waals surface area contributed by atoms with Crippen molar-refractivity contribution in [3.05, 3.63) is 42.5 Å². The van der Waals surface area contributed by atoms with Gasteiger partial charge in [-0.25, -0.2) is 15.0 Å². The topological polar surface area (TPSA) is 55.6 Å². The van der Waals surface area contributed by atoms with Crippen LogP contribution in [0.2, 0.25) is 0 Å². The van der Waals surface area contributed by atoms with Gasteiger partial charge in [-0.15, -0.1) is 0 Å². The highest BCUT2D eigenvalue weighted by Gasteiger charge is 2.16. The van der Waals surface area contributed by atoms with E-state index in [4.69, 9.17) is 0 Å². The van der Waals surface area contributed by atoms with Crippen LogP contribution in [-0.2, 0) is 7.05 Å². The van der Waals surface area contributed by atoms with Crippen LogP contribution in [0.15, 0.2) is 31.0 Å². The second-order valence-corrected chi connectivity index (χ2v) is 3.25. The summed E-state index contributed by atoms with van der Waals surface area (Å²) < 4.78 is 1.98. The van der Waals surface area contributed by atoms with Crippen molar-refractivity contribution in [3.63, 3.8) is 0 Å². The van der Waals surface area contributed by atoms with Gasteiger partial charge in [0.05, 0.1) is 5.69 Å². The van der Waals surface area contributed by atoms with Crippen molar-refractivity contribution in [2.75, 3.05) is 7.05 Å². The fraction of sp³-hybridized carbons (Fsp3) is 0.300. The summed E-state index contributed by atoms with van der Waals surface area (Å²) in [6, 6.07) is 1.89. The van der Waals surface area contributed by atoms with E-state index in [1.807, 2.05) is 30.9 Å². The van der Waals surface area contributed by atoms with E-state index >= 15 is 0 Å². The van der Waals surface area contributed by atoms with E-state index in [9.17, 15) is 0 Å². The normalized spacial score (nSPS) is 12.7. The van der Waals surface area contributed by atoms with Crippen LogP contribution in [0.4, 0.5) is 0 Å². The summed E-state index contributed by atoms with van der Waals surface area (Å²) in [7, 11) is 3.86. The van der Waals surface area contributed by atoms with Gasteiger partial charge in [0.1, 0.15) is 18.2 Å². The van der Waals surface area contributed by atoms with Gasteiger partial charge in [0.15, 0.2) is 0 Å². The first kappa shape index (κ1) is 9.79. The second kappa shape index (κ2) is 4.18. The molecule has 0 aliphatic heterocycles. The summed E-state index contributed by atoms with van der Waals surface area (Å²) >= 11 is 0. The predicted molar refractivity (Wildman–Crippen MR) is 56.1 cm³/mol. The third-order valence-corrected chi connectivity index (χ3v) is 2.31. The minimum atomic E-state index is 0.00741. The number of nitrogens with one attached hydrogen (secondary N) is 1. The molecule has 0 aliphatic carbocycles. The molecule has 2 heterocycles. The maximum absolute atomic E-state index is 4.30. The molecular formula is C10H13N5. The van der Waals surface area contributed by atoms with Crippen LogP contribution in [0, 0.1) is 0 Å². The Morgan fingerprint density at radius 2 is 2.20 bits per heavy atom. The largest absolute Gasteiger partial charge is 0.336 e. The van der Waals surface area contributed by atoms with Crippen LogP contribution in [-0.4, -0.2) is 26.6 Å². The highest BCUT2D eigenvalue weighted by molar-refractivity contribution is 5.15. The summed E-state index contributed by atoms with van der Waals surface area (Å²) in [5.41, 5.74) is 0.918. The van der Waals surface area contributed by atoms with Crippen molar-refractivity contribution in [2.45, 2.75) is 6.04 Å². The molecule has 0 amide bonds. The molecule has 2 aromatic heterocycles. The third kappa shape index (κ3) is 1.87. The Morgan fingerprint density at radius 1 is 1.33 bits per heavy atom. The van der Waals surface area contributed by atoms with E-state index in [0.717, 1.165) is 11.5 Å². The fourth-order valence-electron chi connectivity index (χ4n) is 1.54. The van der Waals surface area contributed by atoms with Crippen molar-refractivity contribution in [3.8, 4) is 0 Å². The molecular weight excluding hydrogens is 190 g/mol. The molecule has 0 saturated heterocycles. The summed E-state index contributed by atoms with van der Waals surface area (Å²) in [4.78, 5) is 12.4. The predicted octanol–water partition coefficient (Wildman–Crippen LogP) is 0.519. The Balaban J connectivity index is 2.37. The van der Waals surface area contributed by atoms with Gasteiger partial charge in [0.2, 0.25) is 0 Å². The standard InChI is InChI=1S/C10H13N5/c1-11-9(8-3-4-12-7-14-8)10-13-5-6-15(10)2/h3-7,9,11H,1-2H3. The van der Waals surface area contributed by atoms with E-state index in [1.54, 1.807) is 18.7 Å². The minimum absolute atomic E-state index is 0.00741. The van der Waals surface area contributed by atoms with Crippen molar-refractivity contribution >= 4 is 0 Å². The third-order valence-electron chi connectivity index (χ3n) is 2.31. The fourth-order valence-corrected chi connectivity index (χ4v) is 1.54. The molecule has 1 atom stereocenters. The molecule has 5 heteroatoms. The molecule has 0 bridgehead atoms. The van der Waals surface area contributed by atoms with Crippen LogP contribution in [0.1, 0.15) is 17.6 Å². The molecule has 0 fully saturated rings. The summed E-state index contributed by atoms with van der Waals surface area (Å²) in [6.07, 6.45) is 6.97. The number of aromatic nitrogens is 4. The first-order valence-corrected chi connectivity index (χ1v) is 4.73. The molecule has 0 radical (unpaired) electrons. The Kier molecular flexibility index (Phi) is 2.73. The quantitative estimate of drug-likeness (QED) is 0.790. The lowest BCUT2D eigenvalue weighted by atomic mass is 10.2. The van der Waals surface area contributed by atoms with Gasteiger partial charge >= 0.3 is 0 Å². The van der Waals surface area contributed by atoms with Crippen LogP contribution >= 0.6 is 0 Å². The zero-order chi connectivity index (χ0) is 10.7. The van der Waals surface area contributed by atoms with E-state index < -0.39 is 0 Å². The number of nitrogens with zero attached hydrogens (tertiary/aromatic N) is 4. The van der Waals surface area contributed by atoms with Gasteiger partial charge in [-0.1, -0.05) is 0 Å². The summed E-state index contributed by atoms with van der Waals surface area (Å²) in [5, 5.41) is 3.19. The maximum atomic E-state index is 4.30. The molecule has 2 aromatic rings. The SMILES string of the molecule is CNC(c1ccncn1)c1nccn1C. The van der Waals surface area contributed by atoms with Crippen LogP contribution in [0.5, 0.6) is 0 Å². The Hall–Kier alpha value is -1.75. The Labute approximate surface area is 88.2 Å². The van der Waals surface area contributed by atoms with Gasteiger partial charge in [0.25, 0.3) is 0 Å². The lowest BCUT2D eigenvalue weighted by molar-refractivity contribution is 0.601. The molecule has 5 nitrogen and oxygen atoms in total. The molecule has 78 valence electrons. The van der Waals surface area contributed by atoms with Crippen molar-refractivity contribution < 1.29 is 0 Å². The zero-order valence-corrected chi connectivity index (χ0v) is 8.75. The van der Waals surface area contributed by atoms with Gasteiger partial charge < -0.3 is 9.88 Å². The molecule has 2 rings (SSSR count). The van der Waals surface area contributed by atoms with Gasteiger partial charge in [-0.2, -0.15) is 0 Å². The number of rotatable bonds is 3. The number of aryl methyl sites for hydroxylation is 1. The average molecular weight is 203 g/mol. The van der Waals surface area contributed by atoms with E-state index in [0.29, 0.717) is 0 Å². The van der Waals surface area contributed by atoms with Crippen molar-refractivity contribution in [2.24, 2.45) is 7.05 Å². The molecule has 0 aromatic carbocycles. The van der Waals surface area contributed by atoms with Crippen molar-refractivity contribution in [1.29, 1.82) is 0 Å². The lowest BCUT2D eigenvalue weighted by Gasteiger charge is -2.14. The van der Waals surface area contributed by atoms with E-state index in [1.165, 1.54) is 0 Å². The Morgan fingerprint density at radius 3 is 2.73 bits per heavy atom. The maximum Gasteiger partial charge on any atom is 0.131 e. The molecule has 1 N–H and O–H groups in total. The molecule has 0 aliphatic rings. The number of imidazole rings is 1. The minimum Gasteiger partial charge on any atom is -0.336 e. The van der Waals surface area contributed by atoms with E-state index in [-0.39, 0.29) is 6.04 Å². The van der Waals surface area contributed by atoms with Gasteiger partial charge in [-0.05, 0) is 13.1 Å². The highest BCUT2D eigenvalue weighted by atomic mass is 15.1.